The first-order valence-electron chi connectivity index (χ1n) is 2.79. The molecule has 1 rings (SSSR count). The third-order valence-electron chi connectivity index (χ3n) is 1.24. The summed E-state index contributed by atoms with van der Waals surface area (Å²) in [4.78, 5) is 3.67. The van der Waals surface area contributed by atoms with Gasteiger partial charge in [-0.05, 0) is 0 Å². The van der Waals surface area contributed by atoms with Crippen LogP contribution in [0, 0.1) is 0 Å². The first-order chi connectivity index (χ1) is 4.75. The van der Waals surface area contributed by atoms with Gasteiger partial charge >= 0.3 is 0 Å². The Bertz CT molecular complexity index is 236. The third kappa shape index (κ3) is 1.00. The van der Waals surface area contributed by atoms with Crippen molar-refractivity contribution in [2.75, 3.05) is 11.5 Å². The molecule has 10 heavy (non-hydrogen) atoms. The Morgan fingerprint density at radius 3 is 2.60 bits per heavy atom. The van der Waals surface area contributed by atoms with E-state index >= 15 is 0 Å². The molecule has 0 saturated heterocycles. The van der Waals surface area contributed by atoms with Crippen molar-refractivity contribution in [2.24, 2.45) is 0 Å². The van der Waals surface area contributed by atoms with Crippen LogP contribution in [-0.2, 0) is 6.67 Å². The van der Waals surface area contributed by atoms with Crippen LogP contribution in [-0.4, -0.2) is 4.98 Å². The molecule has 3 nitrogen and oxygen atoms in total. The normalized spacial score (nSPS) is 9.70. The Morgan fingerprint density at radius 1 is 1.40 bits per heavy atom. The van der Waals surface area contributed by atoms with E-state index in [0.717, 1.165) is 0 Å². The fourth-order valence-corrected chi connectivity index (χ4v) is 0.639. The van der Waals surface area contributed by atoms with Crippen LogP contribution in [0.4, 0.5) is 15.8 Å². The van der Waals surface area contributed by atoms with Gasteiger partial charge in [0.05, 0.1) is 17.6 Å². The van der Waals surface area contributed by atoms with Gasteiger partial charge in [-0.3, -0.25) is 4.98 Å². The SMILES string of the molecule is Nc1cncc(CF)c1N. The number of halogens is 1. The molecule has 0 aromatic carbocycles. The highest BCUT2D eigenvalue weighted by Crippen LogP contribution is 2.17. The van der Waals surface area contributed by atoms with E-state index in [4.69, 9.17) is 11.5 Å². The number of rotatable bonds is 1. The predicted molar refractivity (Wildman–Crippen MR) is 37.9 cm³/mol. The molecule has 0 unspecified atom stereocenters. The van der Waals surface area contributed by atoms with Gasteiger partial charge in [0, 0.05) is 11.8 Å². The lowest BCUT2D eigenvalue weighted by Crippen LogP contribution is -1.99. The molecular formula is C6H8FN3. The van der Waals surface area contributed by atoms with Gasteiger partial charge in [0.25, 0.3) is 0 Å². The number of aromatic nitrogens is 1. The molecule has 0 bridgehead atoms. The Hall–Kier alpha value is -1.32. The van der Waals surface area contributed by atoms with Gasteiger partial charge in [-0.15, -0.1) is 0 Å². The lowest BCUT2D eigenvalue weighted by atomic mass is 10.2. The van der Waals surface area contributed by atoms with Crippen LogP contribution in [0.2, 0.25) is 0 Å². The van der Waals surface area contributed by atoms with Gasteiger partial charge in [0.2, 0.25) is 0 Å². The van der Waals surface area contributed by atoms with Crippen molar-refractivity contribution in [3.63, 3.8) is 0 Å². The summed E-state index contributed by atoms with van der Waals surface area (Å²) >= 11 is 0. The highest BCUT2D eigenvalue weighted by molar-refractivity contribution is 5.65. The highest BCUT2D eigenvalue weighted by atomic mass is 19.1. The molecule has 0 aliphatic heterocycles. The number of nitrogens with zero attached hydrogens (tertiary/aromatic N) is 1. The van der Waals surface area contributed by atoms with Crippen LogP contribution in [0.1, 0.15) is 5.56 Å². The third-order valence-corrected chi connectivity index (χ3v) is 1.24. The zero-order valence-corrected chi connectivity index (χ0v) is 5.34. The number of hydrogen-bond donors (Lipinski definition) is 2. The molecule has 0 aliphatic carbocycles. The lowest BCUT2D eigenvalue weighted by molar-refractivity contribution is 0.485. The van der Waals surface area contributed by atoms with Crippen molar-refractivity contribution < 1.29 is 4.39 Å². The van der Waals surface area contributed by atoms with E-state index in [9.17, 15) is 4.39 Å². The van der Waals surface area contributed by atoms with Crippen molar-refractivity contribution >= 4 is 11.4 Å². The van der Waals surface area contributed by atoms with Crippen molar-refractivity contribution in [3.8, 4) is 0 Å². The fraction of sp³-hybridized carbons (Fsp3) is 0.167. The molecular weight excluding hydrogens is 133 g/mol. The monoisotopic (exact) mass is 141 g/mol. The van der Waals surface area contributed by atoms with E-state index in [-0.39, 0.29) is 5.69 Å². The molecule has 0 amide bonds. The molecule has 1 aromatic rings. The minimum Gasteiger partial charge on any atom is -0.397 e. The molecule has 1 aromatic heterocycles. The predicted octanol–water partition coefficient (Wildman–Crippen LogP) is 0.716. The average molecular weight is 141 g/mol. The van der Waals surface area contributed by atoms with Gasteiger partial charge in [0.1, 0.15) is 6.67 Å². The molecule has 0 fully saturated rings. The summed E-state index contributed by atoms with van der Waals surface area (Å²) in [6.07, 6.45) is 2.76. The second-order valence-corrected chi connectivity index (χ2v) is 1.94. The van der Waals surface area contributed by atoms with Crippen molar-refractivity contribution in [1.29, 1.82) is 0 Å². The molecule has 0 saturated carbocycles. The maximum absolute atomic E-state index is 12.0. The van der Waals surface area contributed by atoms with E-state index in [1.807, 2.05) is 0 Å². The minimum atomic E-state index is -0.621. The number of nitrogen functional groups attached to an aromatic ring is 2. The summed E-state index contributed by atoms with van der Waals surface area (Å²) in [5, 5.41) is 0. The lowest BCUT2D eigenvalue weighted by Gasteiger charge is -2.01. The maximum Gasteiger partial charge on any atom is 0.118 e. The van der Waals surface area contributed by atoms with E-state index in [1.54, 1.807) is 0 Å². The first-order valence-corrected chi connectivity index (χ1v) is 2.79. The van der Waals surface area contributed by atoms with E-state index in [1.165, 1.54) is 12.4 Å². The second kappa shape index (κ2) is 2.51. The van der Waals surface area contributed by atoms with Gasteiger partial charge in [-0.25, -0.2) is 4.39 Å². The van der Waals surface area contributed by atoms with Crippen molar-refractivity contribution in [1.82, 2.24) is 4.98 Å². The summed E-state index contributed by atoms with van der Waals surface area (Å²) in [7, 11) is 0. The smallest absolute Gasteiger partial charge is 0.118 e. The van der Waals surface area contributed by atoms with E-state index < -0.39 is 6.67 Å². The number of alkyl halides is 1. The molecule has 1 heterocycles. The zero-order valence-electron chi connectivity index (χ0n) is 5.34. The summed E-state index contributed by atoms with van der Waals surface area (Å²) in [5.41, 5.74) is 11.7. The van der Waals surface area contributed by atoms with Crippen LogP contribution in [0.5, 0.6) is 0 Å². The molecule has 0 radical (unpaired) electrons. The molecule has 0 aliphatic rings. The van der Waals surface area contributed by atoms with Gasteiger partial charge < -0.3 is 11.5 Å². The number of nitrogens with two attached hydrogens (primary N) is 2. The maximum atomic E-state index is 12.0. The fourth-order valence-electron chi connectivity index (χ4n) is 0.639. The van der Waals surface area contributed by atoms with Crippen LogP contribution >= 0.6 is 0 Å². The Labute approximate surface area is 57.9 Å². The summed E-state index contributed by atoms with van der Waals surface area (Å²) in [5.74, 6) is 0. The summed E-state index contributed by atoms with van der Waals surface area (Å²) in [6, 6.07) is 0. The van der Waals surface area contributed by atoms with Crippen molar-refractivity contribution in [2.45, 2.75) is 6.67 Å². The van der Waals surface area contributed by atoms with Gasteiger partial charge in [-0.1, -0.05) is 0 Å². The Kier molecular flexibility index (Phi) is 1.71. The van der Waals surface area contributed by atoms with E-state index in [0.29, 0.717) is 11.3 Å². The van der Waals surface area contributed by atoms with Crippen molar-refractivity contribution in [3.05, 3.63) is 18.0 Å². The van der Waals surface area contributed by atoms with Crippen LogP contribution in [0.25, 0.3) is 0 Å². The number of hydrogen-bond acceptors (Lipinski definition) is 3. The van der Waals surface area contributed by atoms with Gasteiger partial charge in [0.15, 0.2) is 0 Å². The molecule has 4 N–H and O–H groups in total. The van der Waals surface area contributed by atoms with E-state index in [2.05, 4.69) is 4.98 Å². The molecule has 4 heteroatoms. The molecule has 54 valence electrons. The first kappa shape index (κ1) is 6.80. The topological polar surface area (TPSA) is 64.9 Å². The second-order valence-electron chi connectivity index (χ2n) is 1.94. The molecule has 0 spiro atoms. The van der Waals surface area contributed by atoms with Gasteiger partial charge in [-0.2, -0.15) is 0 Å². The summed E-state index contributed by atoms with van der Waals surface area (Å²) < 4.78 is 12.0. The Morgan fingerprint density at radius 2 is 2.10 bits per heavy atom. The average Bonchev–Trinajstić information content (AvgIpc) is 1.95. The standard InChI is InChI=1S/C6H8FN3/c7-1-4-2-10-3-5(8)6(4)9/h2-3H,1,8H2,(H2,9,10). The Balaban J connectivity index is 3.14. The van der Waals surface area contributed by atoms with Crippen LogP contribution in [0.3, 0.4) is 0 Å². The quantitative estimate of drug-likeness (QED) is 0.605. The summed E-state index contributed by atoms with van der Waals surface area (Å²) in [6.45, 7) is -0.621. The van der Waals surface area contributed by atoms with Crippen LogP contribution in [0.15, 0.2) is 12.4 Å². The largest absolute Gasteiger partial charge is 0.397 e. The number of pyridine rings is 1. The van der Waals surface area contributed by atoms with Crippen LogP contribution < -0.4 is 11.5 Å². The highest BCUT2D eigenvalue weighted by Gasteiger charge is 2.00. The number of anilines is 2. The molecule has 0 atom stereocenters. The zero-order chi connectivity index (χ0) is 7.56. The minimum absolute atomic E-state index is 0.289.